The van der Waals surface area contributed by atoms with Gasteiger partial charge in [0.1, 0.15) is 12.3 Å². The van der Waals surface area contributed by atoms with Crippen LogP contribution in [0.5, 0.6) is 0 Å². The predicted octanol–water partition coefficient (Wildman–Crippen LogP) is 6.91. The second-order valence-corrected chi connectivity index (χ2v) is 7.54. The quantitative estimate of drug-likeness (QED) is 0.516. The zero-order chi connectivity index (χ0) is 20.6. The van der Waals surface area contributed by atoms with E-state index in [0.717, 1.165) is 41.8 Å². The number of rotatable bonds is 3. The van der Waals surface area contributed by atoms with Crippen LogP contribution in [0.1, 0.15) is 55.4 Å². The molecule has 150 valence electrons. The molecule has 0 N–H and O–H groups in total. The van der Waals surface area contributed by atoms with Gasteiger partial charge in [-0.1, -0.05) is 47.1 Å². The molecule has 0 spiro atoms. The highest BCUT2D eigenvalue weighted by Gasteiger charge is 2.30. The first kappa shape index (κ1) is 19.5. The number of hydrogen-bond acceptors (Lipinski definition) is 2. The minimum absolute atomic E-state index is 0.115. The molecule has 0 heterocycles. The standard InChI is InChI=1S/C24H22F3NO/c1-15-16(2)23(21-9-4-3-8-20(21)22(15)18-6-5-7-18)28-29-14-17-10-12-19(13-11-17)24(25,26)27/h3-4,8-13H,5-7,14H2,1-2H3/b28-23-. The minimum Gasteiger partial charge on any atom is -0.390 e. The lowest BCUT2D eigenvalue weighted by Gasteiger charge is -2.29. The van der Waals surface area contributed by atoms with Gasteiger partial charge in [0.25, 0.3) is 0 Å². The third kappa shape index (κ3) is 3.74. The van der Waals surface area contributed by atoms with E-state index in [1.165, 1.54) is 40.8 Å². The molecule has 2 aromatic carbocycles. The topological polar surface area (TPSA) is 21.6 Å². The zero-order valence-electron chi connectivity index (χ0n) is 16.4. The van der Waals surface area contributed by atoms with Crippen LogP contribution < -0.4 is 0 Å². The highest BCUT2D eigenvalue weighted by Crippen LogP contribution is 2.43. The van der Waals surface area contributed by atoms with Gasteiger partial charge in [0, 0.05) is 5.56 Å². The third-order valence-corrected chi connectivity index (χ3v) is 5.72. The van der Waals surface area contributed by atoms with Crippen LogP contribution in [0.25, 0.3) is 5.57 Å². The molecular formula is C24H22F3NO. The fourth-order valence-electron chi connectivity index (χ4n) is 3.81. The Morgan fingerprint density at radius 1 is 0.897 bits per heavy atom. The second kappa shape index (κ2) is 7.54. The number of allylic oxidation sites excluding steroid dienone is 4. The fourth-order valence-corrected chi connectivity index (χ4v) is 3.81. The molecular weight excluding hydrogens is 375 g/mol. The molecule has 0 atom stereocenters. The summed E-state index contributed by atoms with van der Waals surface area (Å²) in [4.78, 5) is 5.55. The van der Waals surface area contributed by atoms with Crippen molar-refractivity contribution in [3.63, 3.8) is 0 Å². The normalized spacial score (nSPS) is 18.0. The SMILES string of the molecule is CC1=C(C)/C(=N/OCc2ccc(C(F)(F)F)cc2)c2ccccc2C1=C1CCC1. The van der Waals surface area contributed by atoms with E-state index in [1.807, 2.05) is 25.1 Å². The summed E-state index contributed by atoms with van der Waals surface area (Å²) >= 11 is 0. The van der Waals surface area contributed by atoms with Crippen LogP contribution in [0, 0.1) is 0 Å². The van der Waals surface area contributed by atoms with E-state index < -0.39 is 11.7 Å². The van der Waals surface area contributed by atoms with Crippen molar-refractivity contribution < 1.29 is 18.0 Å². The Morgan fingerprint density at radius 3 is 2.14 bits per heavy atom. The number of benzene rings is 2. The first-order chi connectivity index (χ1) is 13.9. The van der Waals surface area contributed by atoms with Crippen molar-refractivity contribution in [3.8, 4) is 0 Å². The monoisotopic (exact) mass is 397 g/mol. The van der Waals surface area contributed by atoms with Gasteiger partial charge < -0.3 is 4.84 Å². The van der Waals surface area contributed by atoms with E-state index in [0.29, 0.717) is 5.56 Å². The highest BCUT2D eigenvalue weighted by molar-refractivity contribution is 6.20. The largest absolute Gasteiger partial charge is 0.416 e. The van der Waals surface area contributed by atoms with E-state index in [-0.39, 0.29) is 6.61 Å². The molecule has 2 aliphatic carbocycles. The molecule has 0 saturated heterocycles. The lowest BCUT2D eigenvalue weighted by atomic mass is 9.75. The van der Waals surface area contributed by atoms with Crippen LogP contribution in [0.15, 0.2) is 70.4 Å². The number of halogens is 3. The van der Waals surface area contributed by atoms with Gasteiger partial charge in [0.15, 0.2) is 0 Å². The van der Waals surface area contributed by atoms with Crippen LogP contribution in [-0.4, -0.2) is 5.71 Å². The maximum absolute atomic E-state index is 12.7. The molecule has 1 fully saturated rings. The molecule has 5 heteroatoms. The van der Waals surface area contributed by atoms with Crippen molar-refractivity contribution in [2.45, 2.75) is 45.9 Å². The maximum Gasteiger partial charge on any atom is 0.416 e. The smallest absolute Gasteiger partial charge is 0.390 e. The van der Waals surface area contributed by atoms with Gasteiger partial charge in [-0.25, -0.2) is 0 Å². The average Bonchev–Trinajstić information content (AvgIpc) is 2.66. The Bertz CT molecular complexity index is 1020. The first-order valence-electron chi connectivity index (χ1n) is 9.72. The Labute approximate surface area is 168 Å². The molecule has 0 radical (unpaired) electrons. The minimum atomic E-state index is -4.34. The number of hydrogen-bond donors (Lipinski definition) is 0. The lowest BCUT2D eigenvalue weighted by Crippen LogP contribution is -2.17. The molecule has 0 aliphatic heterocycles. The Kier molecular flexibility index (Phi) is 5.07. The molecule has 0 amide bonds. The third-order valence-electron chi connectivity index (χ3n) is 5.72. The van der Waals surface area contributed by atoms with Crippen LogP contribution in [-0.2, 0) is 17.6 Å². The predicted molar refractivity (Wildman–Crippen MR) is 108 cm³/mol. The lowest BCUT2D eigenvalue weighted by molar-refractivity contribution is -0.137. The van der Waals surface area contributed by atoms with Crippen LogP contribution >= 0.6 is 0 Å². The summed E-state index contributed by atoms with van der Waals surface area (Å²) in [5.41, 5.74) is 8.11. The fraction of sp³-hybridized carbons (Fsp3) is 0.292. The van der Waals surface area contributed by atoms with Gasteiger partial charge in [0.05, 0.1) is 5.56 Å². The van der Waals surface area contributed by atoms with E-state index >= 15 is 0 Å². The van der Waals surface area contributed by atoms with Crippen molar-refractivity contribution in [3.05, 3.63) is 87.5 Å². The van der Waals surface area contributed by atoms with Crippen molar-refractivity contribution in [1.29, 1.82) is 0 Å². The number of oxime groups is 1. The molecule has 0 aromatic heterocycles. The summed E-state index contributed by atoms with van der Waals surface area (Å²) in [6.07, 6.45) is -0.807. The first-order valence-corrected chi connectivity index (χ1v) is 9.72. The van der Waals surface area contributed by atoms with Crippen LogP contribution in [0.2, 0.25) is 0 Å². The number of fused-ring (bicyclic) bond motifs is 1. The summed E-state index contributed by atoms with van der Waals surface area (Å²) in [5.74, 6) is 0. The zero-order valence-corrected chi connectivity index (χ0v) is 16.4. The maximum atomic E-state index is 12.7. The summed E-state index contributed by atoms with van der Waals surface area (Å²) < 4.78 is 38.1. The van der Waals surface area contributed by atoms with Crippen LogP contribution in [0.4, 0.5) is 13.2 Å². The van der Waals surface area contributed by atoms with Crippen molar-refractivity contribution >= 4 is 11.3 Å². The summed E-state index contributed by atoms with van der Waals surface area (Å²) in [6.45, 7) is 4.28. The molecule has 0 bridgehead atoms. The van der Waals surface area contributed by atoms with Gasteiger partial charge in [0.2, 0.25) is 0 Å². The number of alkyl halides is 3. The van der Waals surface area contributed by atoms with E-state index in [4.69, 9.17) is 4.84 Å². The van der Waals surface area contributed by atoms with E-state index in [9.17, 15) is 13.2 Å². The highest BCUT2D eigenvalue weighted by atomic mass is 19.4. The molecule has 2 aliphatic rings. The molecule has 4 rings (SSSR count). The molecule has 29 heavy (non-hydrogen) atoms. The Balaban J connectivity index is 1.60. The van der Waals surface area contributed by atoms with Crippen molar-refractivity contribution in [2.24, 2.45) is 5.16 Å². The molecule has 2 nitrogen and oxygen atoms in total. The number of nitrogens with zero attached hydrogens (tertiary/aromatic N) is 1. The molecule has 1 saturated carbocycles. The van der Waals surface area contributed by atoms with Gasteiger partial charge in [-0.05, 0) is 73.1 Å². The molecule has 2 aromatic rings. The van der Waals surface area contributed by atoms with Gasteiger partial charge in [-0.3, -0.25) is 0 Å². The van der Waals surface area contributed by atoms with Gasteiger partial charge >= 0.3 is 6.18 Å². The van der Waals surface area contributed by atoms with Crippen LogP contribution in [0.3, 0.4) is 0 Å². The van der Waals surface area contributed by atoms with Crippen molar-refractivity contribution in [2.75, 3.05) is 0 Å². The average molecular weight is 397 g/mol. The Morgan fingerprint density at radius 2 is 1.55 bits per heavy atom. The van der Waals surface area contributed by atoms with E-state index in [2.05, 4.69) is 18.1 Å². The molecule has 0 unspecified atom stereocenters. The summed E-state index contributed by atoms with van der Waals surface area (Å²) in [6, 6.07) is 13.2. The van der Waals surface area contributed by atoms with Gasteiger partial charge in [-0.15, -0.1) is 0 Å². The Hall–Kier alpha value is -2.82. The summed E-state index contributed by atoms with van der Waals surface area (Å²) in [7, 11) is 0. The summed E-state index contributed by atoms with van der Waals surface area (Å²) in [5, 5.41) is 4.37. The van der Waals surface area contributed by atoms with Crippen molar-refractivity contribution in [1.82, 2.24) is 0 Å². The second-order valence-electron chi connectivity index (χ2n) is 7.54. The van der Waals surface area contributed by atoms with Gasteiger partial charge in [-0.2, -0.15) is 13.2 Å². The van der Waals surface area contributed by atoms with E-state index in [1.54, 1.807) is 0 Å².